The monoisotopic (exact) mass is 332 g/mol. The smallest absolute Gasteiger partial charge is 0.293 e. The van der Waals surface area contributed by atoms with Crippen molar-refractivity contribution in [1.82, 2.24) is 4.90 Å². The third-order valence-corrected chi connectivity index (χ3v) is 5.33. The largest absolute Gasteiger partial charge is 0.368 e. The standard InChI is InChI=1S/C16H16N2O2S2/c1-13-4-6-14(7-5-13)8-9-15-10-11-16(21-15)22(19,20)17-12-18(2)3/h4-7,10-12H,1-3H3. The van der Waals surface area contributed by atoms with Crippen molar-refractivity contribution in [2.45, 2.75) is 11.1 Å². The molecule has 0 saturated carbocycles. The SMILES string of the molecule is Cc1ccc(C#Cc2ccc(S(=O)(=O)N=CN(C)C)s2)cc1. The molecule has 1 aromatic carbocycles. The van der Waals surface area contributed by atoms with Gasteiger partial charge in [-0.1, -0.05) is 29.5 Å². The van der Waals surface area contributed by atoms with E-state index in [4.69, 9.17) is 0 Å². The van der Waals surface area contributed by atoms with Gasteiger partial charge in [0.25, 0.3) is 10.0 Å². The van der Waals surface area contributed by atoms with Crippen molar-refractivity contribution in [2.24, 2.45) is 4.40 Å². The molecule has 114 valence electrons. The van der Waals surface area contributed by atoms with Crippen LogP contribution >= 0.6 is 11.3 Å². The summed E-state index contributed by atoms with van der Waals surface area (Å²) in [4.78, 5) is 2.27. The molecule has 1 heterocycles. The Kier molecular flexibility index (Phi) is 5.01. The van der Waals surface area contributed by atoms with Crippen LogP contribution in [0.3, 0.4) is 0 Å². The maximum absolute atomic E-state index is 12.0. The summed E-state index contributed by atoms with van der Waals surface area (Å²) >= 11 is 1.12. The van der Waals surface area contributed by atoms with Crippen LogP contribution in [-0.2, 0) is 10.0 Å². The fourth-order valence-corrected chi connectivity index (χ4v) is 3.57. The third-order valence-electron chi connectivity index (χ3n) is 2.63. The van der Waals surface area contributed by atoms with Crippen molar-refractivity contribution in [3.8, 4) is 11.8 Å². The van der Waals surface area contributed by atoms with Gasteiger partial charge in [-0.15, -0.1) is 15.7 Å². The van der Waals surface area contributed by atoms with Crippen molar-refractivity contribution >= 4 is 27.7 Å². The Morgan fingerprint density at radius 2 is 1.77 bits per heavy atom. The first-order valence-electron chi connectivity index (χ1n) is 6.52. The van der Waals surface area contributed by atoms with Gasteiger partial charge in [-0.25, -0.2) is 0 Å². The summed E-state index contributed by atoms with van der Waals surface area (Å²) in [5.41, 5.74) is 2.07. The molecule has 2 aromatic rings. The lowest BCUT2D eigenvalue weighted by Gasteiger charge is -2.01. The van der Waals surface area contributed by atoms with Crippen LogP contribution in [0.5, 0.6) is 0 Å². The van der Waals surface area contributed by atoms with E-state index in [1.165, 1.54) is 18.0 Å². The molecule has 6 heteroatoms. The van der Waals surface area contributed by atoms with Gasteiger partial charge in [0.05, 0.1) is 4.88 Å². The van der Waals surface area contributed by atoms with Crippen LogP contribution in [0.25, 0.3) is 0 Å². The second kappa shape index (κ2) is 6.77. The summed E-state index contributed by atoms with van der Waals surface area (Å²) in [6.07, 6.45) is 1.27. The highest BCUT2D eigenvalue weighted by molar-refractivity contribution is 7.92. The molecule has 4 nitrogen and oxygen atoms in total. The summed E-state index contributed by atoms with van der Waals surface area (Å²) in [6, 6.07) is 11.1. The highest BCUT2D eigenvalue weighted by atomic mass is 32.2. The zero-order valence-corrected chi connectivity index (χ0v) is 14.2. The Hall–Kier alpha value is -2.10. The second-order valence-corrected chi connectivity index (χ2v) is 7.84. The van der Waals surface area contributed by atoms with E-state index in [0.717, 1.165) is 16.9 Å². The minimum atomic E-state index is -3.64. The number of benzene rings is 1. The second-order valence-electron chi connectivity index (χ2n) is 4.89. The van der Waals surface area contributed by atoms with Gasteiger partial charge < -0.3 is 4.90 Å². The molecule has 0 N–H and O–H groups in total. The predicted molar refractivity (Wildman–Crippen MR) is 90.8 cm³/mol. The highest BCUT2D eigenvalue weighted by Gasteiger charge is 2.14. The van der Waals surface area contributed by atoms with E-state index in [1.807, 2.05) is 31.2 Å². The molecule has 0 aliphatic heterocycles. The molecule has 0 bridgehead atoms. The lowest BCUT2D eigenvalue weighted by atomic mass is 10.1. The molecule has 0 radical (unpaired) electrons. The molecule has 0 atom stereocenters. The fourth-order valence-electron chi connectivity index (χ4n) is 1.50. The van der Waals surface area contributed by atoms with Gasteiger partial charge in [0.2, 0.25) is 0 Å². The van der Waals surface area contributed by atoms with Crippen LogP contribution < -0.4 is 0 Å². The van der Waals surface area contributed by atoms with E-state index in [2.05, 4.69) is 16.2 Å². The average molecular weight is 332 g/mol. The van der Waals surface area contributed by atoms with Crippen LogP contribution in [0.4, 0.5) is 0 Å². The van der Waals surface area contributed by atoms with Gasteiger partial charge in [-0.3, -0.25) is 0 Å². The van der Waals surface area contributed by atoms with Crippen LogP contribution in [0.15, 0.2) is 45.0 Å². The van der Waals surface area contributed by atoms with E-state index in [-0.39, 0.29) is 4.21 Å². The van der Waals surface area contributed by atoms with E-state index < -0.39 is 10.0 Å². The Bertz CT molecular complexity index is 836. The molecule has 2 rings (SSSR count). The van der Waals surface area contributed by atoms with Gasteiger partial charge >= 0.3 is 0 Å². The Morgan fingerprint density at radius 3 is 2.41 bits per heavy atom. The highest BCUT2D eigenvalue weighted by Crippen LogP contribution is 2.22. The number of nitrogens with zero attached hydrogens (tertiary/aromatic N) is 2. The zero-order chi connectivity index (χ0) is 16.2. The third kappa shape index (κ3) is 4.45. The summed E-state index contributed by atoms with van der Waals surface area (Å²) in [5.74, 6) is 6.00. The molecular weight excluding hydrogens is 316 g/mol. The van der Waals surface area contributed by atoms with Gasteiger partial charge in [-0.2, -0.15) is 8.42 Å². The fraction of sp³-hybridized carbons (Fsp3) is 0.188. The molecule has 0 aliphatic rings. The van der Waals surface area contributed by atoms with Gasteiger partial charge in [-0.05, 0) is 31.2 Å². The lowest BCUT2D eigenvalue weighted by molar-refractivity contribution is 0.596. The first kappa shape index (κ1) is 16.3. The number of thiophene rings is 1. The van der Waals surface area contributed by atoms with E-state index in [9.17, 15) is 8.42 Å². The summed E-state index contributed by atoms with van der Waals surface area (Å²) < 4.78 is 27.8. The molecule has 0 amide bonds. The van der Waals surface area contributed by atoms with Crippen molar-refractivity contribution in [1.29, 1.82) is 0 Å². The minimum absolute atomic E-state index is 0.193. The molecule has 0 spiro atoms. The van der Waals surface area contributed by atoms with E-state index >= 15 is 0 Å². The molecule has 0 fully saturated rings. The van der Waals surface area contributed by atoms with Crippen molar-refractivity contribution < 1.29 is 8.42 Å². The maximum Gasteiger partial charge on any atom is 0.293 e. The molecule has 0 saturated heterocycles. The van der Waals surface area contributed by atoms with Gasteiger partial charge in [0.15, 0.2) is 0 Å². The number of hydrogen-bond donors (Lipinski definition) is 0. The van der Waals surface area contributed by atoms with Crippen molar-refractivity contribution in [2.75, 3.05) is 14.1 Å². The summed E-state index contributed by atoms with van der Waals surface area (Å²) in [5, 5.41) is 0. The van der Waals surface area contributed by atoms with Crippen LogP contribution in [0, 0.1) is 18.8 Å². The predicted octanol–water partition coefficient (Wildman–Crippen LogP) is 2.73. The van der Waals surface area contributed by atoms with Crippen LogP contribution in [0.1, 0.15) is 16.0 Å². The van der Waals surface area contributed by atoms with E-state index in [0.29, 0.717) is 4.88 Å². The average Bonchev–Trinajstić information content (AvgIpc) is 2.94. The topological polar surface area (TPSA) is 49.7 Å². The van der Waals surface area contributed by atoms with Gasteiger partial charge in [0.1, 0.15) is 10.5 Å². The molecular formula is C16H16N2O2S2. The quantitative estimate of drug-likeness (QED) is 0.493. The van der Waals surface area contributed by atoms with Crippen molar-refractivity contribution in [3.05, 3.63) is 52.4 Å². The van der Waals surface area contributed by atoms with Crippen LogP contribution in [-0.4, -0.2) is 33.8 Å². The van der Waals surface area contributed by atoms with Gasteiger partial charge in [0, 0.05) is 19.7 Å². The lowest BCUT2D eigenvalue weighted by Crippen LogP contribution is -2.09. The van der Waals surface area contributed by atoms with Crippen LogP contribution in [0.2, 0.25) is 0 Å². The summed E-state index contributed by atoms with van der Waals surface area (Å²) in [6.45, 7) is 2.02. The molecule has 1 aromatic heterocycles. The molecule has 0 unspecified atom stereocenters. The number of hydrogen-bond acceptors (Lipinski definition) is 3. The zero-order valence-electron chi connectivity index (χ0n) is 12.6. The molecule has 0 aliphatic carbocycles. The minimum Gasteiger partial charge on any atom is -0.368 e. The molecule has 22 heavy (non-hydrogen) atoms. The Balaban J connectivity index is 2.21. The normalized spacial score (nSPS) is 11.2. The van der Waals surface area contributed by atoms with E-state index in [1.54, 1.807) is 25.1 Å². The first-order chi connectivity index (χ1) is 10.4. The summed E-state index contributed by atoms with van der Waals surface area (Å²) in [7, 11) is -0.216. The Morgan fingerprint density at radius 1 is 1.09 bits per heavy atom. The number of rotatable bonds is 3. The maximum atomic E-state index is 12.0. The first-order valence-corrected chi connectivity index (χ1v) is 8.78. The number of sulfonamides is 1. The number of aryl methyl sites for hydroxylation is 1. The Labute approximate surface area is 135 Å². The van der Waals surface area contributed by atoms with Crippen molar-refractivity contribution in [3.63, 3.8) is 0 Å².